The van der Waals surface area contributed by atoms with E-state index in [0.29, 0.717) is 18.6 Å². The number of hydrogen-bond acceptors (Lipinski definition) is 4. The van der Waals surface area contributed by atoms with Crippen molar-refractivity contribution in [2.45, 2.75) is 58.8 Å². The Morgan fingerprint density at radius 3 is 2.96 bits per heavy atom. The van der Waals surface area contributed by atoms with Crippen LogP contribution in [0.4, 0.5) is 0 Å². The SMILES string of the molecule is CC(=O)NCc1cc([C@@H]2CCCN2Cc2ccnn2C(C)C)ccn1. The maximum atomic E-state index is 11.1. The van der Waals surface area contributed by atoms with E-state index in [-0.39, 0.29) is 5.91 Å². The topological polar surface area (TPSA) is 63.1 Å². The van der Waals surface area contributed by atoms with E-state index in [9.17, 15) is 4.79 Å². The lowest BCUT2D eigenvalue weighted by Gasteiger charge is -2.26. The summed E-state index contributed by atoms with van der Waals surface area (Å²) in [5, 5.41) is 7.27. The Labute approximate surface area is 149 Å². The fraction of sp³-hybridized carbons (Fsp3) is 0.526. The van der Waals surface area contributed by atoms with Gasteiger partial charge in [0.05, 0.1) is 17.9 Å². The molecular formula is C19H27N5O. The molecular weight excluding hydrogens is 314 g/mol. The molecule has 0 unspecified atom stereocenters. The summed E-state index contributed by atoms with van der Waals surface area (Å²) in [6.07, 6.45) is 6.09. The molecule has 1 atom stereocenters. The first-order valence-corrected chi connectivity index (χ1v) is 9.00. The molecule has 1 N–H and O–H groups in total. The fourth-order valence-electron chi connectivity index (χ4n) is 3.55. The van der Waals surface area contributed by atoms with E-state index < -0.39 is 0 Å². The molecule has 1 saturated heterocycles. The lowest BCUT2D eigenvalue weighted by molar-refractivity contribution is -0.119. The van der Waals surface area contributed by atoms with Crippen molar-refractivity contribution in [2.75, 3.05) is 6.54 Å². The number of rotatable bonds is 6. The zero-order chi connectivity index (χ0) is 17.8. The molecule has 1 aliphatic heterocycles. The van der Waals surface area contributed by atoms with Gasteiger partial charge >= 0.3 is 0 Å². The molecule has 25 heavy (non-hydrogen) atoms. The van der Waals surface area contributed by atoms with Gasteiger partial charge in [0.25, 0.3) is 0 Å². The lowest BCUT2D eigenvalue weighted by atomic mass is 10.0. The van der Waals surface area contributed by atoms with E-state index in [4.69, 9.17) is 0 Å². The molecule has 1 fully saturated rings. The van der Waals surface area contributed by atoms with Gasteiger partial charge in [-0.25, -0.2) is 0 Å². The van der Waals surface area contributed by atoms with Crippen molar-refractivity contribution in [3.8, 4) is 0 Å². The van der Waals surface area contributed by atoms with Crippen LogP contribution >= 0.6 is 0 Å². The maximum Gasteiger partial charge on any atom is 0.217 e. The second-order valence-electron chi connectivity index (χ2n) is 6.98. The molecule has 0 aromatic carbocycles. The van der Waals surface area contributed by atoms with Crippen LogP contribution in [0.1, 0.15) is 62.6 Å². The molecule has 3 heterocycles. The van der Waals surface area contributed by atoms with E-state index in [2.05, 4.69) is 57.0 Å². The Morgan fingerprint density at radius 2 is 2.20 bits per heavy atom. The minimum absolute atomic E-state index is 0.0309. The van der Waals surface area contributed by atoms with Crippen LogP contribution in [0.3, 0.4) is 0 Å². The van der Waals surface area contributed by atoms with Crippen LogP contribution in [0.15, 0.2) is 30.6 Å². The molecule has 134 valence electrons. The first kappa shape index (κ1) is 17.6. The summed E-state index contributed by atoms with van der Waals surface area (Å²) in [5.74, 6) is -0.0309. The molecule has 0 aliphatic carbocycles. The molecule has 0 saturated carbocycles. The number of carbonyl (C=O) groups is 1. The van der Waals surface area contributed by atoms with Crippen molar-refractivity contribution >= 4 is 5.91 Å². The molecule has 1 aliphatic rings. The Bertz CT molecular complexity index is 724. The van der Waals surface area contributed by atoms with Crippen LogP contribution in [0, 0.1) is 0 Å². The quantitative estimate of drug-likeness (QED) is 0.877. The van der Waals surface area contributed by atoms with Crippen molar-refractivity contribution in [3.05, 3.63) is 47.5 Å². The van der Waals surface area contributed by atoms with Gasteiger partial charge in [-0.2, -0.15) is 5.10 Å². The highest BCUT2D eigenvalue weighted by Gasteiger charge is 2.27. The Balaban J connectivity index is 1.74. The van der Waals surface area contributed by atoms with Crippen molar-refractivity contribution in [2.24, 2.45) is 0 Å². The van der Waals surface area contributed by atoms with Gasteiger partial charge in [-0.1, -0.05) is 0 Å². The lowest BCUT2D eigenvalue weighted by Crippen LogP contribution is -2.25. The van der Waals surface area contributed by atoms with Crippen LogP contribution in [-0.4, -0.2) is 32.1 Å². The number of amides is 1. The summed E-state index contributed by atoms with van der Waals surface area (Å²) in [6.45, 7) is 8.34. The summed E-state index contributed by atoms with van der Waals surface area (Å²) in [4.78, 5) is 18.0. The fourth-order valence-corrected chi connectivity index (χ4v) is 3.55. The average molecular weight is 341 g/mol. The molecule has 2 aromatic heterocycles. The molecule has 0 radical (unpaired) electrons. The normalized spacial score (nSPS) is 18.0. The minimum Gasteiger partial charge on any atom is -0.351 e. The third kappa shape index (κ3) is 4.25. The van der Waals surface area contributed by atoms with Gasteiger partial charge in [-0.05, 0) is 57.0 Å². The summed E-state index contributed by atoms with van der Waals surface area (Å²) in [5.41, 5.74) is 3.45. The number of aromatic nitrogens is 3. The number of pyridine rings is 1. The minimum atomic E-state index is -0.0309. The van der Waals surface area contributed by atoms with Gasteiger partial charge in [-0.3, -0.25) is 19.4 Å². The molecule has 1 amide bonds. The number of hydrogen-bond donors (Lipinski definition) is 1. The van der Waals surface area contributed by atoms with E-state index >= 15 is 0 Å². The summed E-state index contributed by atoms with van der Waals surface area (Å²) >= 11 is 0. The third-order valence-corrected chi connectivity index (χ3v) is 4.71. The number of carbonyl (C=O) groups excluding carboxylic acids is 1. The van der Waals surface area contributed by atoms with Gasteiger partial charge in [-0.15, -0.1) is 0 Å². The molecule has 2 aromatic rings. The Hall–Kier alpha value is -2.21. The number of nitrogens with one attached hydrogen (secondary N) is 1. The Kier molecular flexibility index (Phi) is 5.48. The molecule has 0 bridgehead atoms. The monoisotopic (exact) mass is 341 g/mol. The first-order valence-electron chi connectivity index (χ1n) is 9.00. The number of nitrogens with zero attached hydrogens (tertiary/aromatic N) is 4. The van der Waals surface area contributed by atoms with Crippen molar-refractivity contribution in [3.63, 3.8) is 0 Å². The largest absolute Gasteiger partial charge is 0.351 e. The molecule has 3 rings (SSSR count). The molecule has 6 nitrogen and oxygen atoms in total. The van der Waals surface area contributed by atoms with Gasteiger partial charge < -0.3 is 5.32 Å². The van der Waals surface area contributed by atoms with Crippen molar-refractivity contribution < 1.29 is 4.79 Å². The second-order valence-corrected chi connectivity index (χ2v) is 6.98. The van der Waals surface area contributed by atoms with E-state index in [1.165, 1.54) is 24.6 Å². The van der Waals surface area contributed by atoms with E-state index in [0.717, 1.165) is 25.2 Å². The van der Waals surface area contributed by atoms with Crippen LogP contribution in [-0.2, 0) is 17.9 Å². The predicted molar refractivity (Wildman–Crippen MR) is 96.8 cm³/mol. The van der Waals surface area contributed by atoms with Crippen LogP contribution in [0.5, 0.6) is 0 Å². The van der Waals surface area contributed by atoms with Crippen LogP contribution in [0.2, 0.25) is 0 Å². The van der Waals surface area contributed by atoms with Crippen molar-refractivity contribution in [1.82, 2.24) is 25.0 Å². The maximum absolute atomic E-state index is 11.1. The van der Waals surface area contributed by atoms with E-state index in [1.54, 1.807) is 0 Å². The molecule has 0 spiro atoms. The highest BCUT2D eigenvalue weighted by Crippen LogP contribution is 2.33. The van der Waals surface area contributed by atoms with E-state index in [1.807, 2.05) is 12.4 Å². The van der Waals surface area contributed by atoms with Gasteiger partial charge in [0.15, 0.2) is 0 Å². The van der Waals surface area contributed by atoms with Gasteiger partial charge in [0.1, 0.15) is 0 Å². The number of likely N-dealkylation sites (tertiary alicyclic amines) is 1. The van der Waals surface area contributed by atoms with Crippen LogP contribution < -0.4 is 5.32 Å². The average Bonchev–Trinajstić information content (AvgIpc) is 3.23. The second kappa shape index (κ2) is 7.78. The van der Waals surface area contributed by atoms with Crippen molar-refractivity contribution in [1.29, 1.82) is 0 Å². The predicted octanol–water partition coefficient (Wildman–Crippen LogP) is 2.83. The third-order valence-electron chi connectivity index (χ3n) is 4.71. The Morgan fingerprint density at radius 1 is 1.36 bits per heavy atom. The molecule has 6 heteroatoms. The zero-order valence-corrected chi connectivity index (χ0v) is 15.3. The smallest absolute Gasteiger partial charge is 0.217 e. The zero-order valence-electron chi connectivity index (χ0n) is 15.3. The highest BCUT2D eigenvalue weighted by atomic mass is 16.1. The first-order chi connectivity index (χ1) is 12.0. The highest BCUT2D eigenvalue weighted by molar-refractivity contribution is 5.72. The summed E-state index contributed by atoms with van der Waals surface area (Å²) < 4.78 is 2.10. The van der Waals surface area contributed by atoms with Gasteiger partial charge in [0.2, 0.25) is 5.91 Å². The summed E-state index contributed by atoms with van der Waals surface area (Å²) in [6, 6.07) is 7.11. The van der Waals surface area contributed by atoms with Gasteiger partial charge in [0, 0.05) is 37.9 Å². The summed E-state index contributed by atoms with van der Waals surface area (Å²) in [7, 11) is 0. The standard InChI is InChI=1S/C19H27N5O/c1-14(2)24-18(7-9-22-24)13-23-10-4-5-19(23)16-6-8-20-17(11-16)12-21-15(3)25/h6-9,11,14,19H,4-5,10,12-13H2,1-3H3,(H,21,25)/t19-/m0/s1. The van der Waals surface area contributed by atoms with Crippen LogP contribution in [0.25, 0.3) is 0 Å².